The number of ether oxygens (including phenoxy) is 1. The van der Waals surface area contributed by atoms with Crippen LogP contribution in [0.3, 0.4) is 0 Å². The van der Waals surface area contributed by atoms with Crippen molar-refractivity contribution < 1.29 is 22.7 Å². The maximum Gasteiger partial charge on any atom is 0.337 e. The van der Waals surface area contributed by atoms with E-state index in [1.807, 2.05) is 0 Å². The van der Waals surface area contributed by atoms with E-state index >= 15 is 0 Å². The van der Waals surface area contributed by atoms with Gasteiger partial charge in [-0.15, -0.1) is 0 Å². The number of rotatable bonds is 7. The molecule has 0 heterocycles. The number of esters is 1. The fourth-order valence-corrected chi connectivity index (χ4v) is 4.08. The number of methoxy groups -OCH3 is 1. The highest BCUT2D eigenvalue weighted by molar-refractivity contribution is 7.92. The number of sulfonamides is 1. The van der Waals surface area contributed by atoms with Crippen LogP contribution in [0.2, 0.25) is 5.02 Å². The van der Waals surface area contributed by atoms with Gasteiger partial charge in [0.25, 0.3) is 5.91 Å². The molecular weight excluding hydrogens is 452 g/mol. The van der Waals surface area contributed by atoms with E-state index in [2.05, 4.69) is 10.1 Å². The Morgan fingerprint density at radius 1 is 0.969 bits per heavy atom. The van der Waals surface area contributed by atoms with Gasteiger partial charge >= 0.3 is 5.97 Å². The van der Waals surface area contributed by atoms with E-state index in [0.29, 0.717) is 33.1 Å². The van der Waals surface area contributed by atoms with E-state index in [9.17, 15) is 18.0 Å². The van der Waals surface area contributed by atoms with Crippen molar-refractivity contribution >= 4 is 44.9 Å². The summed E-state index contributed by atoms with van der Waals surface area (Å²) in [6.45, 7) is 0.0599. The van der Waals surface area contributed by atoms with Crippen LogP contribution in [-0.2, 0) is 21.3 Å². The normalized spacial score (nSPS) is 11.0. The Morgan fingerprint density at radius 2 is 1.66 bits per heavy atom. The zero-order valence-corrected chi connectivity index (χ0v) is 19.0. The minimum absolute atomic E-state index is 0.0599. The van der Waals surface area contributed by atoms with Crippen LogP contribution in [0.5, 0.6) is 0 Å². The summed E-state index contributed by atoms with van der Waals surface area (Å²) in [4.78, 5) is 24.3. The monoisotopic (exact) mass is 472 g/mol. The number of carbonyl (C=O) groups is 2. The lowest BCUT2D eigenvalue weighted by Gasteiger charge is -2.23. The van der Waals surface area contributed by atoms with Crippen LogP contribution in [0.15, 0.2) is 72.8 Å². The Balaban J connectivity index is 1.80. The number of hydrogen-bond donors (Lipinski definition) is 1. The lowest BCUT2D eigenvalue weighted by atomic mass is 10.1. The minimum atomic E-state index is -3.60. The number of halogens is 1. The molecule has 3 aromatic rings. The fourth-order valence-electron chi connectivity index (χ4n) is 3.01. The second kappa shape index (κ2) is 9.84. The van der Waals surface area contributed by atoms with Crippen LogP contribution in [0, 0.1) is 0 Å². The summed E-state index contributed by atoms with van der Waals surface area (Å²) in [6, 6.07) is 19.5. The summed E-state index contributed by atoms with van der Waals surface area (Å²) >= 11 is 6.19. The van der Waals surface area contributed by atoms with Crippen molar-refractivity contribution in [1.29, 1.82) is 0 Å². The third-order valence-electron chi connectivity index (χ3n) is 4.63. The largest absolute Gasteiger partial charge is 0.465 e. The Kier molecular flexibility index (Phi) is 7.17. The summed E-state index contributed by atoms with van der Waals surface area (Å²) < 4.78 is 30.7. The van der Waals surface area contributed by atoms with Crippen LogP contribution >= 0.6 is 11.6 Å². The molecule has 0 spiro atoms. The van der Waals surface area contributed by atoms with E-state index in [1.54, 1.807) is 54.6 Å². The van der Waals surface area contributed by atoms with Gasteiger partial charge in [0, 0.05) is 16.3 Å². The highest BCUT2D eigenvalue weighted by Crippen LogP contribution is 2.25. The highest BCUT2D eigenvalue weighted by Gasteiger charge is 2.19. The number of nitrogens with zero attached hydrogens (tertiary/aromatic N) is 1. The van der Waals surface area contributed by atoms with Crippen LogP contribution in [0.25, 0.3) is 0 Å². The number of hydrogen-bond acceptors (Lipinski definition) is 5. The average molecular weight is 473 g/mol. The first-order valence-corrected chi connectivity index (χ1v) is 11.7. The molecule has 32 heavy (non-hydrogen) atoms. The smallest absolute Gasteiger partial charge is 0.337 e. The topological polar surface area (TPSA) is 92.8 Å². The molecule has 166 valence electrons. The first-order chi connectivity index (χ1) is 15.2. The summed E-state index contributed by atoms with van der Waals surface area (Å²) in [6.07, 6.45) is 1.11. The van der Waals surface area contributed by atoms with Crippen LogP contribution in [0.1, 0.15) is 26.3 Å². The number of benzene rings is 3. The zero-order chi connectivity index (χ0) is 23.3. The molecule has 3 aromatic carbocycles. The van der Waals surface area contributed by atoms with Gasteiger partial charge in [0.1, 0.15) is 0 Å². The maximum atomic E-state index is 12.6. The van der Waals surface area contributed by atoms with Crippen LogP contribution in [-0.4, -0.2) is 33.7 Å². The van der Waals surface area contributed by atoms with Crippen molar-refractivity contribution in [2.24, 2.45) is 0 Å². The molecule has 1 N–H and O–H groups in total. The number of carbonyl (C=O) groups excluding carboxylic acids is 2. The van der Waals surface area contributed by atoms with Crippen molar-refractivity contribution in [2.45, 2.75) is 6.54 Å². The van der Waals surface area contributed by atoms with Crippen molar-refractivity contribution in [3.63, 3.8) is 0 Å². The van der Waals surface area contributed by atoms with Gasteiger partial charge < -0.3 is 10.1 Å². The van der Waals surface area contributed by atoms with Gasteiger partial charge in [-0.3, -0.25) is 9.10 Å². The van der Waals surface area contributed by atoms with Crippen molar-refractivity contribution in [2.75, 3.05) is 23.0 Å². The second-order valence-electron chi connectivity index (χ2n) is 6.93. The number of amides is 1. The molecule has 9 heteroatoms. The SMILES string of the molecule is COC(=O)c1cccc(NC(=O)c2ccc(N(Cc3ccccc3Cl)S(C)(=O)=O)cc2)c1. The Labute approximate surface area is 191 Å². The summed E-state index contributed by atoms with van der Waals surface area (Å²) in [7, 11) is -2.32. The van der Waals surface area contributed by atoms with Gasteiger partial charge in [-0.05, 0) is 54.1 Å². The maximum absolute atomic E-state index is 12.6. The lowest BCUT2D eigenvalue weighted by Crippen LogP contribution is -2.29. The third-order valence-corrected chi connectivity index (χ3v) is 6.14. The fraction of sp³-hybridized carbons (Fsp3) is 0.130. The van der Waals surface area contributed by atoms with Gasteiger partial charge in [0.2, 0.25) is 10.0 Å². The Hall–Kier alpha value is -3.36. The van der Waals surface area contributed by atoms with Gasteiger partial charge in [-0.1, -0.05) is 35.9 Å². The molecule has 0 aromatic heterocycles. The quantitative estimate of drug-likeness (QED) is 0.516. The van der Waals surface area contributed by atoms with E-state index in [0.717, 1.165) is 6.26 Å². The summed E-state index contributed by atoms with van der Waals surface area (Å²) in [5.74, 6) is -0.916. The summed E-state index contributed by atoms with van der Waals surface area (Å²) in [5, 5.41) is 3.17. The van der Waals surface area contributed by atoms with E-state index in [-0.39, 0.29) is 6.54 Å². The first kappa shape index (κ1) is 23.3. The second-order valence-corrected chi connectivity index (χ2v) is 9.25. The molecule has 0 unspecified atom stereocenters. The Bertz CT molecular complexity index is 1240. The number of anilines is 2. The molecular formula is C23H21ClN2O5S. The van der Waals surface area contributed by atoms with E-state index < -0.39 is 21.9 Å². The van der Waals surface area contributed by atoms with Gasteiger partial charge in [0.05, 0.1) is 31.2 Å². The molecule has 0 aliphatic heterocycles. The zero-order valence-electron chi connectivity index (χ0n) is 17.4. The van der Waals surface area contributed by atoms with E-state index in [4.69, 9.17) is 11.6 Å². The molecule has 0 saturated carbocycles. The molecule has 0 bridgehead atoms. The lowest BCUT2D eigenvalue weighted by molar-refractivity contribution is 0.0600. The molecule has 1 amide bonds. The van der Waals surface area contributed by atoms with Gasteiger partial charge in [-0.25, -0.2) is 13.2 Å². The van der Waals surface area contributed by atoms with Gasteiger partial charge in [-0.2, -0.15) is 0 Å². The molecule has 0 aliphatic rings. The van der Waals surface area contributed by atoms with Crippen LogP contribution in [0.4, 0.5) is 11.4 Å². The van der Waals surface area contributed by atoms with Crippen molar-refractivity contribution in [3.8, 4) is 0 Å². The summed E-state index contributed by atoms with van der Waals surface area (Å²) in [5.41, 5.74) is 2.12. The average Bonchev–Trinajstić information content (AvgIpc) is 2.77. The highest BCUT2D eigenvalue weighted by atomic mass is 35.5. The molecule has 7 nitrogen and oxygen atoms in total. The predicted molar refractivity (Wildman–Crippen MR) is 125 cm³/mol. The standard InChI is InChI=1S/C23H21ClN2O5S/c1-31-23(28)17-7-5-8-19(14-17)25-22(27)16-10-12-20(13-11-16)26(32(2,29)30)15-18-6-3-4-9-21(18)24/h3-14H,15H2,1-2H3,(H,25,27). The molecule has 0 saturated heterocycles. The predicted octanol–water partition coefficient (Wildman–Crippen LogP) is 4.35. The molecule has 0 radical (unpaired) electrons. The first-order valence-electron chi connectivity index (χ1n) is 9.50. The molecule has 3 rings (SSSR count). The molecule has 0 fully saturated rings. The third kappa shape index (κ3) is 5.66. The molecule has 0 atom stereocenters. The van der Waals surface area contributed by atoms with Gasteiger partial charge in [0.15, 0.2) is 0 Å². The molecule has 0 aliphatic carbocycles. The Morgan fingerprint density at radius 3 is 2.28 bits per heavy atom. The van der Waals surface area contributed by atoms with Crippen molar-refractivity contribution in [3.05, 3.63) is 94.5 Å². The van der Waals surface area contributed by atoms with Crippen molar-refractivity contribution in [1.82, 2.24) is 0 Å². The minimum Gasteiger partial charge on any atom is -0.465 e. The number of nitrogens with one attached hydrogen (secondary N) is 1. The van der Waals surface area contributed by atoms with E-state index in [1.165, 1.54) is 29.6 Å². The van der Waals surface area contributed by atoms with Crippen LogP contribution < -0.4 is 9.62 Å².